The van der Waals surface area contributed by atoms with Crippen molar-refractivity contribution in [1.29, 1.82) is 0 Å². The predicted octanol–water partition coefficient (Wildman–Crippen LogP) is 5.22. The third-order valence-electron chi connectivity index (χ3n) is 5.31. The molecular formula is C25H19F3N4O4. The van der Waals surface area contributed by atoms with Crippen LogP contribution >= 0.6 is 0 Å². The molecule has 0 fully saturated rings. The van der Waals surface area contributed by atoms with Crippen LogP contribution in [-0.4, -0.2) is 34.1 Å². The van der Waals surface area contributed by atoms with Gasteiger partial charge in [0.1, 0.15) is 17.9 Å². The fraction of sp³-hybridized carbons (Fsp3) is 0.120. The van der Waals surface area contributed by atoms with Crippen molar-refractivity contribution in [3.05, 3.63) is 89.2 Å². The number of ether oxygens (including phenoxy) is 1. The fourth-order valence-corrected chi connectivity index (χ4v) is 3.62. The number of methoxy groups -OCH3 is 1. The van der Waals surface area contributed by atoms with E-state index in [-0.39, 0.29) is 23.4 Å². The summed E-state index contributed by atoms with van der Waals surface area (Å²) in [4.78, 5) is 32.3. The van der Waals surface area contributed by atoms with Crippen molar-refractivity contribution in [3.8, 4) is 5.75 Å². The molecule has 0 aliphatic heterocycles. The lowest BCUT2D eigenvalue weighted by molar-refractivity contribution is -0.138. The third kappa shape index (κ3) is 5.19. The average molecular weight is 496 g/mol. The van der Waals surface area contributed by atoms with Crippen molar-refractivity contribution in [2.45, 2.75) is 12.7 Å². The number of hydrogen-bond donors (Lipinski definition) is 3. The Balaban J connectivity index is 1.51. The van der Waals surface area contributed by atoms with Gasteiger partial charge in [0.05, 0.1) is 23.8 Å². The molecule has 0 bridgehead atoms. The van der Waals surface area contributed by atoms with Crippen molar-refractivity contribution in [2.24, 2.45) is 0 Å². The highest BCUT2D eigenvalue weighted by Gasteiger charge is 2.35. The summed E-state index contributed by atoms with van der Waals surface area (Å²) >= 11 is 0. The Morgan fingerprint density at radius 3 is 2.53 bits per heavy atom. The van der Waals surface area contributed by atoms with Gasteiger partial charge in [0.15, 0.2) is 0 Å². The number of carboxylic acids is 1. The first-order valence-electron chi connectivity index (χ1n) is 10.5. The van der Waals surface area contributed by atoms with E-state index in [2.05, 4.69) is 20.6 Å². The number of carboxylic acid groups (broad SMARTS) is 1. The molecule has 1 aromatic heterocycles. The fourth-order valence-electron chi connectivity index (χ4n) is 3.62. The SMILES string of the molecule is COc1ccc(C(=O)Nc2cccc(CNc3ncnc4c(C(=O)O)cccc34)c2)cc1C(F)(F)F. The lowest BCUT2D eigenvalue weighted by atomic mass is 10.1. The Labute approximate surface area is 202 Å². The highest BCUT2D eigenvalue weighted by atomic mass is 19.4. The maximum Gasteiger partial charge on any atom is 0.419 e. The second-order valence-corrected chi connectivity index (χ2v) is 7.65. The molecule has 11 heteroatoms. The van der Waals surface area contributed by atoms with Crippen LogP contribution in [0, 0.1) is 0 Å². The highest BCUT2D eigenvalue weighted by molar-refractivity contribution is 6.05. The maximum absolute atomic E-state index is 13.3. The number of aromatic carboxylic acids is 1. The summed E-state index contributed by atoms with van der Waals surface area (Å²) in [5.41, 5.74) is 0.243. The number of anilines is 2. The van der Waals surface area contributed by atoms with E-state index in [4.69, 9.17) is 4.74 Å². The molecule has 0 spiro atoms. The Morgan fingerprint density at radius 2 is 1.81 bits per heavy atom. The summed E-state index contributed by atoms with van der Waals surface area (Å²) in [6, 6.07) is 14.6. The highest BCUT2D eigenvalue weighted by Crippen LogP contribution is 2.36. The molecular weight excluding hydrogens is 477 g/mol. The van der Waals surface area contributed by atoms with Gasteiger partial charge in [0.2, 0.25) is 0 Å². The number of nitrogens with zero attached hydrogens (tertiary/aromatic N) is 2. The lowest BCUT2D eigenvalue weighted by Crippen LogP contribution is -2.15. The van der Waals surface area contributed by atoms with Crippen LogP contribution in [0.25, 0.3) is 10.9 Å². The van der Waals surface area contributed by atoms with Crippen LogP contribution < -0.4 is 15.4 Å². The summed E-state index contributed by atoms with van der Waals surface area (Å²) < 4.78 is 44.6. The third-order valence-corrected chi connectivity index (χ3v) is 5.31. The maximum atomic E-state index is 13.3. The second kappa shape index (κ2) is 9.90. The molecule has 3 aromatic carbocycles. The largest absolute Gasteiger partial charge is 0.496 e. The van der Waals surface area contributed by atoms with Crippen molar-refractivity contribution in [1.82, 2.24) is 9.97 Å². The van der Waals surface area contributed by atoms with E-state index in [9.17, 15) is 27.9 Å². The summed E-state index contributed by atoms with van der Waals surface area (Å²) in [5.74, 6) is -1.76. The molecule has 36 heavy (non-hydrogen) atoms. The number of alkyl halides is 3. The van der Waals surface area contributed by atoms with E-state index in [0.717, 1.165) is 24.8 Å². The molecule has 8 nitrogen and oxygen atoms in total. The van der Waals surface area contributed by atoms with Crippen molar-refractivity contribution < 1.29 is 32.6 Å². The molecule has 4 rings (SSSR count). The van der Waals surface area contributed by atoms with Crippen LogP contribution in [0.5, 0.6) is 5.75 Å². The number of para-hydroxylation sites is 1. The Morgan fingerprint density at radius 1 is 1.03 bits per heavy atom. The minimum atomic E-state index is -4.68. The normalized spacial score (nSPS) is 11.2. The number of carbonyl (C=O) groups is 2. The first-order valence-corrected chi connectivity index (χ1v) is 10.5. The summed E-state index contributed by atoms with van der Waals surface area (Å²) in [6.45, 7) is 0.272. The standard InChI is InChI=1S/C25H19F3N4O4/c1-36-20-9-8-15(11-19(20)25(26,27)28)23(33)32-16-5-2-4-14(10-16)12-29-22-17-6-3-7-18(24(34)35)21(17)30-13-31-22/h2-11,13H,12H2,1H3,(H,32,33)(H,34,35)(H,29,30,31). The van der Waals surface area contributed by atoms with E-state index < -0.39 is 23.6 Å². The summed E-state index contributed by atoms with van der Waals surface area (Å²) in [5, 5.41) is 15.6. The van der Waals surface area contributed by atoms with Crippen molar-refractivity contribution in [2.75, 3.05) is 17.7 Å². The van der Waals surface area contributed by atoms with Gasteiger partial charge in [-0.15, -0.1) is 0 Å². The smallest absolute Gasteiger partial charge is 0.419 e. The van der Waals surface area contributed by atoms with Crippen molar-refractivity contribution >= 4 is 34.3 Å². The van der Waals surface area contributed by atoms with Crippen molar-refractivity contribution in [3.63, 3.8) is 0 Å². The average Bonchev–Trinajstić information content (AvgIpc) is 2.86. The number of amides is 1. The number of aromatic nitrogens is 2. The number of halogens is 3. The molecule has 3 N–H and O–H groups in total. The first kappa shape index (κ1) is 24.5. The molecule has 0 unspecified atom stereocenters. The zero-order chi connectivity index (χ0) is 25.9. The molecule has 0 aliphatic rings. The lowest BCUT2D eigenvalue weighted by Gasteiger charge is -2.14. The predicted molar refractivity (Wildman–Crippen MR) is 126 cm³/mol. The van der Waals surface area contributed by atoms with Gasteiger partial charge >= 0.3 is 12.1 Å². The molecule has 0 radical (unpaired) electrons. The van der Waals surface area contributed by atoms with Crippen LogP contribution in [0.1, 0.15) is 31.8 Å². The van der Waals surface area contributed by atoms with Crippen LogP contribution in [0.15, 0.2) is 67.0 Å². The van der Waals surface area contributed by atoms with Gasteiger partial charge in [-0.05, 0) is 48.0 Å². The van der Waals surface area contributed by atoms with E-state index >= 15 is 0 Å². The molecule has 0 saturated carbocycles. The van der Waals surface area contributed by atoms with Gasteiger partial charge in [-0.25, -0.2) is 14.8 Å². The van der Waals surface area contributed by atoms with E-state index in [1.807, 2.05) is 0 Å². The van der Waals surface area contributed by atoms with Gasteiger partial charge in [0.25, 0.3) is 5.91 Å². The van der Waals surface area contributed by atoms with Crippen LogP contribution in [0.4, 0.5) is 24.7 Å². The molecule has 4 aromatic rings. The summed E-state index contributed by atoms with van der Waals surface area (Å²) in [6.07, 6.45) is -3.42. The minimum Gasteiger partial charge on any atom is -0.496 e. The zero-order valence-corrected chi connectivity index (χ0v) is 18.8. The van der Waals surface area contributed by atoms with Gasteiger partial charge in [-0.3, -0.25) is 4.79 Å². The summed E-state index contributed by atoms with van der Waals surface area (Å²) in [7, 11) is 1.12. The van der Waals surface area contributed by atoms with Crippen LogP contribution in [-0.2, 0) is 12.7 Å². The number of fused-ring (bicyclic) bond motifs is 1. The van der Waals surface area contributed by atoms with Gasteiger partial charge in [-0.1, -0.05) is 18.2 Å². The Bertz CT molecular complexity index is 1460. The topological polar surface area (TPSA) is 113 Å². The molecule has 184 valence electrons. The van der Waals surface area contributed by atoms with Gasteiger partial charge in [-0.2, -0.15) is 13.2 Å². The Kier molecular flexibility index (Phi) is 6.73. The first-order chi connectivity index (χ1) is 17.2. The number of hydrogen-bond acceptors (Lipinski definition) is 6. The minimum absolute atomic E-state index is 0.0508. The second-order valence-electron chi connectivity index (χ2n) is 7.65. The number of rotatable bonds is 7. The number of nitrogens with one attached hydrogen (secondary N) is 2. The van der Waals surface area contributed by atoms with Crippen LogP contribution in [0.2, 0.25) is 0 Å². The Hall–Kier alpha value is -4.67. The molecule has 0 aliphatic carbocycles. The van der Waals surface area contributed by atoms with E-state index in [1.165, 1.54) is 18.5 Å². The quantitative estimate of drug-likeness (QED) is 0.322. The van der Waals surface area contributed by atoms with E-state index in [1.54, 1.807) is 36.4 Å². The number of carbonyl (C=O) groups excluding carboxylic acids is 1. The number of benzene rings is 3. The van der Waals surface area contributed by atoms with Gasteiger partial charge < -0.3 is 20.5 Å². The molecule has 0 saturated heterocycles. The monoisotopic (exact) mass is 496 g/mol. The van der Waals surface area contributed by atoms with Gasteiger partial charge in [0, 0.05) is 23.2 Å². The van der Waals surface area contributed by atoms with Crippen LogP contribution in [0.3, 0.4) is 0 Å². The molecule has 0 atom stereocenters. The zero-order valence-electron chi connectivity index (χ0n) is 18.8. The van der Waals surface area contributed by atoms with E-state index in [0.29, 0.717) is 22.4 Å². The molecule has 1 heterocycles. The molecule has 1 amide bonds.